The first-order chi connectivity index (χ1) is 20.7. The summed E-state index contributed by atoms with van der Waals surface area (Å²) in [5.41, 5.74) is 6.69. The van der Waals surface area contributed by atoms with E-state index in [4.69, 9.17) is 14.6 Å². The average molecular weight is 606 g/mol. The minimum absolute atomic E-state index is 0.0379. The lowest BCUT2D eigenvalue weighted by Crippen LogP contribution is -2.31. The number of amides is 1. The molecule has 228 valence electrons. The molecule has 0 bridgehead atoms. The molecule has 2 aromatic heterocycles. The SMILES string of the molecule is CCOC(=O)CCCCCCc1c(C)nn2c(CC)ccc2c1-c1ccc(S(=O)(=O)NC(=O)OCc2ccccc2)cc1. The van der Waals surface area contributed by atoms with Gasteiger partial charge in [0, 0.05) is 17.7 Å². The van der Waals surface area contributed by atoms with Gasteiger partial charge in [-0.25, -0.2) is 22.4 Å². The van der Waals surface area contributed by atoms with Gasteiger partial charge in [-0.15, -0.1) is 0 Å². The number of unbranched alkanes of at least 4 members (excludes halogenated alkanes) is 3. The molecule has 0 radical (unpaired) electrons. The van der Waals surface area contributed by atoms with E-state index in [0.717, 1.165) is 77.7 Å². The highest BCUT2D eigenvalue weighted by molar-refractivity contribution is 7.90. The van der Waals surface area contributed by atoms with Crippen LogP contribution in [0.15, 0.2) is 71.6 Å². The van der Waals surface area contributed by atoms with E-state index in [2.05, 4.69) is 19.1 Å². The topological polar surface area (TPSA) is 116 Å². The van der Waals surface area contributed by atoms with Crippen molar-refractivity contribution in [3.8, 4) is 11.1 Å². The lowest BCUT2D eigenvalue weighted by molar-refractivity contribution is -0.143. The van der Waals surface area contributed by atoms with E-state index in [1.165, 1.54) is 12.1 Å². The summed E-state index contributed by atoms with van der Waals surface area (Å²) < 4.78 is 39.9. The molecule has 0 saturated carbocycles. The van der Waals surface area contributed by atoms with Crippen molar-refractivity contribution in [1.82, 2.24) is 14.3 Å². The van der Waals surface area contributed by atoms with Crippen LogP contribution in [0.2, 0.25) is 0 Å². The number of nitrogens with one attached hydrogen (secondary N) is 1. The zero-order valence-electron chi connectivity index (χ0n) is 25.0. The summed E-state index contributed by atoms with van der Waals surface area (Å²) in [6.07, 6.45) is 4.64. The molecule has 9 nitrogen and oxygen atoms in total. The predicted molar refractivity (Wildman–Crippen MR) is 165 cm³/mol. The average Bonchev–Trinajstić information content (AvgIpc) is 3.40. The Hall–Kier alpha value is -4.18. The minimum Gasteiger partial charge on any atom is -0.466 e. The zero-order valence-corrected chi connectivity index (χ0v) is 25.8. The molecule has 0 aliphatic rings. The molecule has 0 fully saturated rings. The smallest absolute Gasteiger partial charge is 0.421 e. The molecule has 2 aromatic carbocycles. The number of fused-ring (bicyclic) bond motifs is 1. The number of ether oxygens (including phenoxy) is 2. The summed E-state index contributed by atoms with van der Waals surface area (Å²) in [6, 6.07) is 19.7. The number of hydrogen-bond acceptors (Lipinski definition) is 7. The quantitative estimate of drug-likeness (QED) is 0.128. The molecule has 43 heavy (non-hydrogen) atoms. The lowest BCUT2D eigenvalue weighted by Gasteiger charge is -2.16. The highest BCUT2D eigenvalue weighted by Gasteiger charge is 2.21. The van der Waals surface area contributed by atoms with Crippen LogP contribution in [0.25, 0.3) is 16.6 Å². The maximum absolute atomic E-state index is 12.9. The van der Waals surface area contributed by atoms with Crippen molar-refractivity contribution in [2.45, 2.75) is 77.2 Å². The van der Waals surface area contributed by atoms with E-state index in [1.807, 2.05) is 41.3 Å². The van der Waals surface area contributed by atoms with Crippen molar-refractivity contribution in [2.24, 2.45) is 0 Å². The van der Waals surface area contributed by atoms with Crippen LogP contribution in [0.1, 0.15) is 68.5 Å². The van der Waals surface area contributed by atoms with Crippen LogP contribution in [0.5, 0.6) is 0 Å². The van der Waals surface area contributed by atoms with Crippen LogP contribution in [0.3, 0.4) is 0 Å². The molecule has 1 N–H and O–H groups in total. The Morgan fingerprint density at radius 1 is 0.884 bits per heavy atom. The standard InChI is InChI=1S/C33H39N3O6S/c1-4-27-19-22-30-32(29(24(3)34-36(27)30)15-11-6-7-12-16-31(37)41-5-2)26-17-20-28(21-18-26)43(39,40)35-33(38)42-23-25-13-9-8-10-14-25/h8-10,13-14,17-22H,4-7,11-12,15-16,23H2,1-3H3,(H,35,38). The fourth-order valence-corrected chi connectivity index (χ4v) is 5.99. The second-order valence-corrected chi connectivity index (χ2v) is 12.0. The van der Waals surface area contributed by atoms with Gasteiger partial charge in [-0.3, -0.25) is 4.79 Å². The van der Waals surface area contributed by atoms with Gasteiger partial charge in [-0.1, -0.05) is 62.2 Å². The van der Waals surface area contributed by atoms with E-state index in [1.54, 1.807) is 24.3 Å². The van der Waals surface area contributed by atoms with Gasteiger partial charge < -0.3 is 9.47 Å². The lowest BCUT2D eigenvalue weighted by atomic mass is 9.94. The van der Waals surface area contributed by atoms with E-state index in [0.29, 0.717) is 13.0 Å². The van der Waals surface area contributed by atoms with Crippen molar-refractivity contribution >= 4 is 27.6 Å². The van der Waals surface area contributed by atoms with Gasteiger partial charge >= 0.3 is 12.1 Å². The number of sulfonamides is 1. The Morgan fingerprint density at radius 2 is 1.60 bits per heavy atom. The van der Waals surface area contributed by atoms with Crippen molar-refractivity contribution in [1.29, 1.82) is 0 Å². The second kappa shape index (κ2) is 14.8. The molecule has 1 amide bonds. The first kappa shape index (κ1) is 31.7. The van der Waals surface area contributed by atoms with Crippen LogP contribution in [-0.2, 0) is 43.7 Å². The summed E-state index contributed by atoms with van der Waals surface area (Å²) in [5, 5.41) is 4.88. The van der Waals surface area contributed by atoms with E-state index in [9.17, 15) is 18.0 Å². The summed E-state index contributed by atoms with van der Waals surface area (Å²) in [7, 11) is -4.13. The van der Waals surface area contributed by atoms with Crippen molar-refractivity contribution in [2.75, 3.05) is 6.61 Å². The number of nitrogens with zero attached hydrogens (tertiary/aromatic N) is 2. The number of aromatic nitrogens is 2. The van der Waals surface area contributed by atoms with Gasteiger partial charge in [-0.2, -0.15) is 5.10 Å². The highest BCUT2D eigenvalue weighted by atomic mass is 32.2. The molecule has 4 aromatic rings. The minimum atomic E-state index is -4.13. The molecule has 0 unspecified atom stereocenters. The van der Waals surface area contributed by atoms with Crippen LogP contribution in [0.4, 0.5) is 4.79 Å². The molecule has 0 atom stereocenters. The van der Waals surface area contributed by atoms with Gasteiger partial charge in [0.1, 0.15) is 6.61 Å². The third-order valence-corrected chi connectivity index (χ3v) is 8.62. The maximum Gasteiger partial charge on any atom is 0.421 e. The van der Waals surface area contributed by atoms with Crippen LogP contribution >= 0.6 is 0 Å². The number of benzene rings is 2. The Morgan fingerprint density at radius 3 is 2.30 bits per heavy atom. The maximum atomic E-state index is 12.9. The van der Waals surface area contributed by atoms with E-state index >= 15 is 0 Å². The fraction of sp³-hybridized carbons (Fsp3) is 0.364. The normalized spacial score (nSPS) is 11.4. The van der Waals surface area contributed by atoms with Gasteiger partial charge in [0.05, 0.1) is 22.7 Å². The number of rotatable bonds is 14. The molecular weight excluding hydrogens is 566 g/mol. The molecule has 0 aliphatic carbocycles. The summed E-state index contributed by atoms with van der Waals surface area (Å²) in [5.74, 6) is -0.153. The summed E-state index contributed by atoms with van der Waals surface area (Å²) in [6.45, 7) is 6.26. The Balaban J connectivity index is 1.51. The van der Waals surface area contributed by atoms with E-state index < -0.39 is 16.1 Å². The largest absolute Gasteiger partial charge is 0.466 e. The molecule has 10 heteroatoms. The van der Waals surface area contributed by atoms with Gasteiger partial charge in [0.2, 0.25) is 0 Å². The second-order valence-electron chi connectivity index (χ2n) is 10.3. The number of aryl methyl sites for hydroxylation is 2. The number of carbonyl (C=O) groups is 2. The van der Waals surface area contributed by atoms with Gasteiger partial charge in [0.25, 0.3) is 10.0 Å². The summed E-state index contributed by atoms with van der Waals surface area (Å²) in [4.78, 5) is 23.8. The molecule has 0 aliphatic heterocycles. The number of esters is 1. The van der Waals surface area contributed by atoms with Crippen molar-refractivity contribution in [3.63, 3.8) is 0 Å². The Kier molecular flexibility index (Phi) is 10.9. The molecular formula is C33H39N3O6S. The van der Waals surface area contributed by atoms with Gasteiger partial charge in [0.15, 0.2) is 0 Å². The first-order valence-electron chi connectivity index (χ1n) is 14.7. The van der Waals surface area contributed by atoms with Gasteiger partial charge in [-0.05, 0) is 80.5 Å². The summed E-state index contributed by atoms with van der Waals surface area (Å²) >= 11 is 0. The van der Waals surface area contributed by atoms with Crippen LogP contribution in [-0.4, -0.2) is 36.7 Å². The molecule has 4 rings (SSSR count). The third-order valence-electron chi connectivity index (χ3n) is 7.29. The third kappa shape index (κ3) is 8.22. The Bertz CT molecular complexity index is 1650. The number of hydrogen-bond donors (Lipinski definition) is 1. The van der Waals surface area contributed by atoms with Crippen LogP contribution < -0.4 is 4.72 Å². The molecule has 2 heterocycles. The van der Waals surface area contributed by atoms with Crippen molar-refractivity contribution in [3.05, 3.63) is 89.2 Å². The van der Waals surface area contributed by atoms with Crippen molar-refractivity contribution < 1.29 is 27.5 Å². The predicted octanol–water partition coefficient (Wildman–Crippen LogP) is 6.54. The molecule has 0 saturated heterocycles. The zero-order chi connectivity index (χ0) is 30.8. The highest BCUT2D eigenvalue weighted by Crippen LogP contribution is 2.33. The molecule has 0 spiro atoms. The van der Waals surface area contributed by atoms with Crippen LogP contribution in [0, 0.1) is 6.92 Å². The fourth-order valence-electron chi connectivity index (χ4n) is 5.10. The number of carbonyl (C=O) groups excluding carboxylic acids is 2. The Labute approximate surface area is 253 Å². The monoisotopic (exact) mass is 605 g/mol. The first-order valence-corrected chi connectivity index (χ1v) is 16.2. The van der Waals surface area contributed by atoms with E-state index in [-0.39, 0.29) is 17.5 Å².